The van der Waals surface area contributed by atoms with Gasteiger partial charge in [0, 0.05) is 26.0 Å². The number of aryl methyl sites for hydroxylation is 1. The Morgan fingerprint density at radius 3 is 2.85 bits per heavy atom. The molecule has 1 amide bonds. The summed E-state index contributed by atoms with van der Waals surface area (Å²) in [4.78, 5) is 28.3. The minimum absolute atomic E-state index is 0.0491. The van der Waals surface area contributed by atoms with Crippen LogP contribution in [0, 0.1) is 6.92 Å². The van der Waals surface area contributed by atoms with Gasteiger partial charge in [0.15, 0.2) is 0 Å². The van der Waals surface area contributed by atoms with E-state index < -0.39 is 5.97 Å². The van der Waals surface area contributed by atoms with Crippen LogP contribution in [0.4, 0.5) is 0 Å². The van der Waals surface area contributed by atoms with Gasteiger partial charge in [0.25, 0.3) is 0 Å². The fourth-order valence-electron chi connectivity index (χ4n) is 1.97. The maximum absolute atomic E-state index is 12.0. The maximum Gasteiger partial charge on any atom is 0.305 e. The van der Waals surface area contributed by atoms with Crippen molar-refractivity contribution >= 4 is 17.5 Å². The van der Waals surface area contributed by atoms with Crippen molar-refractivity contribution in [3.63, 3.8) is 0 Å². The van der Waals surface area contributed by atoms with Gasteiger partial charge in [-0.25, -0.2) is 4.98 Å². The van der Waals surface area contributed by atoms with E-state index >= 15 is 0 Å². The number of nitrogens with zero attached hydrogens (tertiary/aromatic N) is 3. The first-order valence-corrected chi connectivity index (χ1v) is 6.36. The number of fused-ring (bicyclic) bond motifs is 1. The number of aliphatic carboxylic acids is 1. The predicted octanol–water partition coefficient (Wildman–Crippen LogP) is 1.12. The van der Waals surface area contributed by atoms with E-state index in [0.29, 0.717) is 5.69 Å². The molecule has 2 heterocycles. The van der Waals surface area contributed by atoms with Gasteiger partial charge in [-0.3, -0.25) is 9.59 Å². The van der Waals surface area contributed by atoms with Crippen LogP contribution >= 0.6 is 0 Å². The molecule has 6 heteroatoms. The Bertz CT molecular complexity index is 648. The van der Waals surface area contributed by atoms with Crippen LogP contribution in [-0.4, -0.2) is 44.9 Å². The average molecular weight is 275 g/mol. The molecule has 0 unspecified atom stereocenters. The predicted molar refractivity (Wildman–Crippen MR) is 73.5 cm³/mol. The molecule has 0 bridgehead atoms. The van der Waals surface area contributed by atoms with Gasteiger partial charge in [0.1, 0.15) is 5.65 Å². The Morgan fingerprint density at radius 2 is 2.20 bits per heavy atom. The fraction of sp³-hybridized carbons (Fsp3) is 0.357. The number of imidazole rings is 1. The summed E-state index contributed by atoms with van der Waals surface area (Å²) < 4.78 is 1.88. The SMILES string of the molecule is Cc1cccn2cc(CC(=O)N(C)CCC(=O)O)nc12. The third-order valence-corrected chi connectivity index (χ3v) is 3.15. The number of likely N-dealkylation sites (N-methyl/N-ethyl adjacent to an activating group) is 1. The van der Waals surface area contributed by atoms with Crippen molar-refractivity contribution in [2.75, 3.05) is 13.6 Å². The first kappa shape index (κ1) is 14.0. The molecule has 20 heavy (non-hydrogen) atoms. The highest BCUT2D eigenvalue weighted by Gasteiger charge is 2.13. The number of carbonyl (C=O) groups is 2. The molecule has 0 aromatic carbocycles. The van der Waals surface area contributed by atoms with Crippen molar-refractivity contribution in [3.05, 3.63) is 35.8 Å². The molecule has 2 rings (SSSR count). The van der Waals surface area contributed by atoms with Crippen molar-refractivity contribution in [1.82, 2.24) is 14.3 Å². The van der Waals surface area contributed by atoms with E-state index in [-0.39, 0.29) is 25.3 Å². The van der Waals surface area contributed by atoms with Crippen molar-refractivity contribution in [2.24, 2.45) is 0 Å². The van der Waals surface area contributed by atoms with Gasteiger partial charge in [-0.15, -0.1) is 0 Å². The van der Waals surface area contributed by atoms with E-state index in [4.69, 9.17) is 5.11 Å². The fourth-order valence-corrected chi connectivity index (χ4v) is 1.97. The highest BCUT2D eigenvalue weighted by molar-refractivity contribution is 5.79. The molecule has 0 fully saturated rings. The van der Waals surface area contributed by atoms with Crippen LogP contribution in [0.2, 0.25) is 0 Å². The Labute approximate surface area is 116 Å². The molecular weight excluding hydrogens is 258 g/mol. The van der Waals surface area contributed by atoms with Crippen LogP contribution < -0.4 is 0 Å². The van der Waals surface area contributed by atoms with Gasteiger partial charge in [-0.2, -0.15) is 0 Å². The number of carbonyl (C=O) groups excluding carboxylic acids is 1. The van der Waals surface area contributed by atoms with Crippen molar-refractivity contribution in [3.8, 4) is 0 Å². The summed E-state index contributed by atoms with van der Waals surface area (Å²) in [5.41, 5.74) is 2.57. The number of carboxylic acids is 1. The number of pyridine rings is 1. The lowest BCUT2D eigenvalue weighted by molar-refractivity contribution is -0.138. The quantitative estimate of drug-likeness (QED) is 0.887. The zero-order valence-corrected chi connectivity index (χ0v) is 11.5. The third kappa shape index (κ3) is 3.14. The van der Waals surface area contributed by atoms with E-state index in [1.165, 1.54) is 4.90 Å². The first-order valence-electron chi connectivity index (χ1n) is 6.36. The number of hydrogen-bond acceptors (Lipinski definition) is 3. The van der Waals surface area contributed by atoms with Crippen molar-refractivity contribution < 1.29 is 14.7 Å². The Hall–Kier alpha value is -2.37. The van der Waals surface area contributed by atoms with Crippen LogP contribution in [0.15, 0.2) is 24.5 Å². The molecule has 6 nitrogen and oxygen atoms in total. The molecule has 2 aromatic heterocycles. The largest absolute Gasteiger partial charge is 0.481 e. The van der Waals surface area contributed by atoms with Gasteiger partial charge in [-0.1, -0.05) is 6.07 Å². The van der Waals surface area contributed by atoms with Crippen LogP contribution in [0.5, 0.6) is 0 Å². The monoisotopic (exact) mass is 275 g/mol. The molecule has 0 aliphatic carbocycles. The summed E-state index contributed by atoms with van der Waals surface area (Å²) in [7, 11) is 1.60. The summed E-state index contributed by atoms with van der Waals surface area (Å²) in [6.45, 7) is 2.17. The molecule has 106 valence electrons. The molecule has 0 saturated carbocycles. The second-order valence-corrected chi connectivity index (χ2v) is 4.79. The van der Waals surface area contributed by atoms with Crippen LogP contribution in [0.3, 0.4) is 0 Å². The molecule has 0 saturated heterocycles. The number of hydrogen-bond donors (Lipinski definition) is 1. The minimum Gasteiger partial charge on any atom is -0.481 e. The van der Waals surface area contributed by atoms with E-state index in [1.807, 2.05) is 35.9 Å². The summed E-state index contributed by atoms with van der Waals surface area (Å²) >= 11 is 0. The third-order valence-electron chi connectivity index (χ3n) is 3.15. The number of aromatic nitrogens is 2. The lowest BCUT2D eigenvalue weighted by atomic mass is 10.3. The lowest BCUT2D eigenvalue weighted by Crippen LogP contribution is -2.30. The molecule has 0 aliphatic heterocycles. The lowest BCUT2D eigenvalue weighted by Gasteiger charge is -2.14. The van der Waals surface area contributed by atoms with Crippen LogP contribution in [0.25, 0.3) is 5.65 Å². The zero-order valence-electron chi connectivity index (χ0n) is 11.5. The van der Waals surface area contributed by atoms with Gasteiger partial charge < -0.3 is 14.4 Å². The highest BCUT2D eigenvalue weighted by atomic mass is 16.4. The van der Waals surface area contributed by atoms with E-state index in [9.17, 15) is 9.59 Å². The van der Waals surface area contributed by atoms with E-state index in [2.05, 4.69) is 4.98 Å². The van der Waals surface area contributed by atoms with E-state index in [0.717, 1.165) is 11.2 Å². The Morgan fingerprint density at radius 1 is 1.45 bits per heavy atom. The number of carboxylic acid groups (broad SMARTS) is 1. The highest BCUT2D eigenvalue weighted by Crippen LogP contribution is 2.10. The maximum atomic E-state index is 12.0. The standard InChI is InChI=1S/C14H17N3O3/c1-10-4-3-6-17-9-11(15-14(10)17)8-12(18)16(2)7-5-13(19)20/h3-4,6,9H,5,7-8H2,1-2H3,(H,19,20). The summed E-state index contributed by atoms with van der Waals surface area (Å²) in [6.07, 6.45) is 3.84. The zero-order chi connectivity index (χ0) is 14.7. The van der Waals surface area contributed by atoms with Crippen LogP contribution in [-0.2, 0) is 16.0 Å². The molecular formula is C14H17N3O3. The van der Waals surface area contributed by atoms with Gasteiger partial charge in [0.05, 0.1) is 18.5 Å². The van der Waals surface area contributed by atoms with E-state index in [1.54, 1.807) is 7.05 Å². The number of amides is 1. The molecule has 0 atom stereocenters. The summed E-state index contributed by atoms with van der Waals surface area (Å²) in [5, 5.41) is 8.61. The number of rotatable bonds is 5. The normalized spacial score (nSPS) is 10.7. The molecule has 0 radical (unpaired) electrons. The topological polar surface area (TPSA) is 74.9 Å². The second-order valence-electron chi connectivity index (χ2n) is 4.79. The summed E-state index contributed by atoms with van der Waals surface area (Å²) in [6, 6.07) is 3.89. The first-order chi connectivity index (χ1) is 9.47. The Balaban J connectivity index is 2.06. The molecule has 0 aliphatic rings. The van der Waals surface area contributed by atoms with Crippen molar-refractivity contribution in [2.45, 2.75) is 19.8 Å². The van der Waals surface area contributed by atoms with Crippen molar-refractivity contribution in [1.29, 1.82) is 0 Å². The smallest absolute Gasteiger partial charge is 0.305 e. The minimum atomic E-state index is -0.909. The summed E-state index contributed by atoms with van der Waals surface area (Å²) in [5.74, 6) is -1.04. The second kappa shape index (κ2) is 5.73. The van der Waals surface area contributed by atoms with Crippen LogP contribution in [0.1, 0.15) is 17.7 Å². The molecule has 1 N–H and O–H groups in total. The van der Waals surface area contributed by atoms with Gasteiger partial charge >= 0.3 is 5.97 Å². The average Bonchev–Trinajstić information content (AvgIpc) is 2.79. The van der Waals surface area contributed by atoms with Gasteiger partial charge in [0.2, 0.25) is 5.91 Å². The Kier molecular flexibility index (Phi) is 4.02. The van der Waals surface area contributed by atoms with Gasteiger partial charge in [-0.05, 0) is 18.6 Å². The molecule has 2 aromatic rings. The molecule has 0 spiro atoms.